The number of nitriles is 1. The van der Waals surface area contributed by atoms with Gasteiger partial charge in [-0.3, -0.25) is 14.6 Å². The predicted octanol–water partition coefficient (Wildman–Crippen LogP) is 0.284. The van der Waals surface area contributed by atoms with E-state index in [1.54, 1.807) is 31.2 Å². The van der Waals surface area contributed by atoms with Crippen LogP contribution in [-0.2, 0) is 9.53 Å². The first-order valence-corrected chi connectivity index (χ1v) is 12.5. The summed E-state index contributed by atoms with van der Waals surface area (Å²) >= 11 is 0. The maximum atomic E-state index is 12.0. The predicted molar refractivity (Wildman–Crippen MR) is 130 cm³/mol. The minimum absolute atomic E-state index is 0.0882. The van der Waals surface area contributed by atoms with Crippen LogP contribution in [0.5, 0.6) is 5.75 Å². The van der Waals surface area contributed by atoms with Crippen LogP contribution in [0.15, 0.2) is 24.3 Å². The largest absolute Gasteiger partial charge is 0.491 e. The molecule has 2 bridgehead atoms. The summed E-state index contributed by atoms with van der Waals surface area (Å²) in [7, 11) is 0. The number of aliphatic hydroxyl groups is 1. The number of carbonyl (C=O) groups excluding carboxylic acids is 1. The topological polar surface area (TPSA) is 130 Å². The number of hydrogen-bond donors (Lipinski definition) is 2. The second kappa shape index (κ2) is 11.9. The Labute approximate surface area is 211 Å². The van der Waals surface area contributed by atoms with Crippen molar-refractivity contribution < 1.29 is 29.3 Å². The lowest BCUT2D eigenvalue weighted by Gasteiger charge is -2.50. The van der Waals surface area contributed by atoms with Crippen molar-refractivity contribution >= 4 is 12.0 Å². The van der Waals surface area contributed by atoms with E-state index in [1.165, 1.54) is 4.90 Å². The lowest BCUT2D eigenvalue weighted by atomic mass is 9.97. The lowest BCUT2D eigenvalue weighted by molar-refractivity contribution is -0.163. The van der Waals surface area contributed by atoms with Gasteiger partial charge in [0.2, 0.25) is 5.91 Å². The Bertz CT molecular complexity index is 945. The van der Waals surface area contributed by atoms with Gasteiger partial charge in [-0.25, -0.2) is 4.79 Å². The summed E-state index contributed by atoms with van der Waals surface area (Å²) in [6.07, 6.45) is -1.49. The van der Waals surface area contributed by atoms with E-state index in [4.69, 9.17) is 14.7 Å². The number of carboxylic acid groups (broad SMARTS) is 1. The highest BCUT2D eigenvalue weighted by atomic mass is 16.5. The first-order valence-electron chi connectivity index (χ1n) is 12.5. The molecule has 3 aliphatic rings. The highest BCUT2D eigenvalue weighted by molar-refractivity contribution is 5.73. The molecule has 3 saturated heterocycles. The molecule has 11 heteroatoms. The molecule has 2 N–H and O–H groups in total. The molecule has 3 heterocycles. The molecule has 196 valence electrons. The van der Waals surface area contributed by atoms with Crippen molar-refractivity contribution in [3.05, 3.63) is 29.8 Å². The van der Waals surface area contributed by atoms with E-state index in [1.807, 2.05) is 4.90 Å². The number of aliphatic hydroxyl groups excluding tert-OH is 1. The van der Waals surface area contributed by atoms with Crippen LogP contribution >= 0.6 is 0 Å². The van der Waals surface area contributed by atoms with Gasteiger partial charge in [0, 0.05) is 59.3 Å². The molecule has 0 saturated carbocycles. The maximum absolute atomic E-state index is 12.0. The fourth-order valence-electron chi connectivity index (χ4n) is 5.30. The van der Waals surface area contributed by atoms with E-state index in [0.717, 1.165) is 19.6 Å². The first kappa shape index (κ1) is 26.2. The normalized spacial score (nSPS) is 25.8. The van der Waals surface area contributed by atoms with Gasteiger partial charge in [-0.05, 0) is 30.7 Å². The number of amides is 2. The molecule has 0 aliphatic carbocycles. The van der Waals surface area contributed by atoms with Gasteiger partial charge in [-0.2, -0.15) is 5.26 Å². The van der Waals surface area contributed by atoms with E-state index >= 15 is 0 Å². The Kier molecular flexibility index (Phi) is 8.64. The molecule has 1 aromatic carbocycles. The molecular weight excluding hydrogens is 466 g/mol. The fraction of sp³-hybridized carbons (Fsp3) is 0.640. The minimum Gasteiger partial charge on any atom is -0.491 e. The highest BCUT2D eigenvalue weighted by Crippen LogP contribution is 2.27. The Hall–Kier alpha value is -2.91. The monoisotopic (exact) mass is 501 g/mol. The van der Waals surface area contributed by atoms with Crippen LogP contribution in [-0.4, -0.2) is 132 Å². The van der Waals surface area contributed by atoms with E-state index in [-0.39, 0.29) is 30.8 Å². The fourth-order valence-corrected chi connectivity index (χ4v) is 5.30. The first-order chi connectivity index (χ1) is 17.3. The van der Waals surface area contributed by atoms with Crippen LogP contribution in [0.2, 0.25) is 0 Å². The second-order valence-corrected chi connectivity index (χ2v) is 9.75. The zero-order chi connectivity index (χ0) is 25.7. The van der Waals surface area contributed by atoms with Crippen molar-refractivity contribution in [1.29, 1.82) is 5.26 Å². The van der Waals surface area contributed by atoms with E-state index in [0.29, 0.717) is 57.0 Å². The summed E-state index contributed by atoms with van der Waals surface area (Å²) in [5, 5.41) is 29.3. The lowest BCUT2D eigenvalue weighted by Crippen LogP contribution is -2.66. The van der Waals surface area contributed by atoms with Gasteiger partial charge in [-0.1, -0.05) is 0 Å². The van der Waals surface area contributed by atoms with Crippen molar-refractivity contribution in [3.63, 3.8) is 0 Å². The molecule has 3 aliphatic heterocycles. The summed E-state index contributed by atoms with van der Waals surface area (Å²) in [5.41, 5.74) is 0.547. The summed E-state index contributed by atoms with van der Waals surface area (Å²) < 4.78 is 11.9. The zero-order valence-corrected chi connectivity index (χ0v) is 20.7. The van der Waals surface area contributed by atoms with Crippen molar-refractivity contribution in [1.82, 2.24) is 19.6 Å². The second-order valence-electron chi connectivity index (χ2n) is 9.75. The standard InChI is InChI=1S/C25H35N5O6/c1-18(31)29-10-8-27(9-11-29)7-6-23-24-16-28(14-22(36-24)15-30(23)25(33)34)13-20(32)17-35-21-4-2-19(12-26)3-5-21/h2-5,20,22-24,32H,6-11,13-17H2,1H3,(H,33,34). The summed E-state index contributed by atoms with van der Waals surface area (Å²) in [4.78, 5) is 31.3. The highest BCUT2D eigenvalue weighted by Gasteiger charge is 2.44. The Morgan fingerprint density at radius 2 is 1.86 bits per heavy atom. The average Bonchev–Trinajstić information content (AvgIpc) is 2.87. The van der Waals surface area contributed by atoms with Gasteiger partial charge in [0.05, 0.1) is 36.4 Å². The van der Waals surface area contributed by atoms with Crippen LogP contribution in [0.1, 0.15) is 18.9 Å². The summed E-state index contributed by atoms with van der Waals surface area (Å²) in [5.74, 6) is 0.679. The molecular formula is C25H35N5O6. The van der Waals surface area contributed by atoms with E-state index in [9.17, 15) is 19.8 Å². The van der Waals surface area contributed by atoms with Crippen LogP contribution in [0.4, 0.5) is 4.79 Å². The zero-order valence-electron chi connectivity index (χ0n) is 20.7. The number of carbonyl (C=O) groups is 2. The molecule has 0 spiro atoms. The van der Waals surface area contributed by atoms with Crippen molar-refractivity contribution in [2.45, 2.75) is 37.7 Å². The smallest absolute Gasteiger partial charge is 0.407 e. The molecule has 1 aromatic rings. The van der Waals surface area contributed by atoms with Crippen molar-refractivity contribution in [3.8, 4) is 11.8 Å². The SMILES string of the molecule is CC(=O)N1CCN(CCC2C3CN(CC(O)COc4ccc(C#N)cc4)CC(CN2C(=O)O)O3)CC1. The maximum Gasteiger partial charge on any atom is 0.407 e. The third kappa shape index (κ3) is 6.64. The minimum atomic E-state index is -0.927. The van der Waals surface area contributed by atoms with Gasteiger partial charge >= 0.3 is 6.09 Å². The number of benzene rings is 1. The van der Waals surface area contributed by atoms with Crippen LogP contribution in [0.25, 0.3) is 0 Å². The number of fused-ring (bicyclic) bond motifs is 2. The number of nitrogens with zero attached hydrogens (tertiary/aromatic N) is 5. The molecule has 2 amide bonds. The van der Waals surface area contributed by atoms with E-state index < -0.39 is 12.2 Å². The Morgan fingerprint density at radius 1 is 1.14 bits per heavy atom. The van der Waals surface area contributed by atoms with Crippen LogP contribution in [0, 0.1) is 11.3 Å². The van der Waals surface area contributed by atoms with Crippen LogP contribution < -0.4 is 4.74 Å². The number of ether oxygens (including phenoxy) is 2. The molecule has 4 unspecified atom stereocenters. The molecule has 11 nitrogen and oxygen atoms in total. The molecule has 4 rings (SSSR count). The number of piperazine rings is 1. The number of β-amino-alcohol motifs (C(OH)–C–C–N with tert-alkyl or cyclic N) is 1. The van der Waals surface area contributed by atoms with Gasteiger partial charge in [-0.15, -0.1) is 0 Å². The molecule has 0 radical (unpaired) electrons. The third-order valence-electron chi connectivity index (χ3n) is 7.20. The number of hydrogen-bond acceptors (Lipinski definition) is 8. The quantitative estimate of drug-likeness (QED) is 0.516. The number of rotatable bonds is 8. The van der Waals surface area contributed by atoms with Gasteiger partial charge in [0.25, 0.3) is 0 Å². The van der Waals surface area contributed by atoms with E-state index in [2.05, 4.69) is 15.9 Å². The van der Waals surface area contributed by atoms with Gasteiger partial charge in [0.15, 0.2) is 0 Å². The van der Waals surface area contributed by atoms with Crippen LogP contribution in [0.3, 0.4) is 0 Å². The Morgan fingerprint density at radius 3 is 2.50 bits per heavy atom. The van der Waals surface area contributed by atoms with Crippen molar-refractivity contribution in [2.24, 2.45) is 0 Å². The molecule has 36 heavy (non-hydrogen) atoms. The van der Waals surface area contributed by atoms with Gasteiger partial charge < -0.3 is 29.5 Å². The van der Waals surface area contributed by atoms with Crippen molar-refractivity contribution in [2.75, 3.05) is 65.5 Å². The average molecular weight is 502 g/mol. The molecule has 4 atom stereocenters. The summed E-state index contributed by atoms with van der Waals surface area (Å²) in [6.45, 7) is 7.20. The molecule has 0 aromatic heterocycles. The molecule has 3 fully saturated rings. The summed E-state index contributed by atoms with van der Waals surface area (Å²) in [6, 6.07) is 8.54. The van der Waals surface area contributed by atoms with Gasteiger partial charge in [0.1, 0.15) is 18.5 Å². The third-order valence-corrected chi connectivity index (χ3v) is 7.20. The Balaban J connectivity index is 1.28. The number of morpholine rings is 2.